The highest BCUT2D eigenvalue weighted by molar-refractivity contribution is 7.89. The number of sulfonamides is 2. The molecule has 4 atom stereocenters. The van der Waals surface area contributed by atoms with Crippen molar-refractivity contribution in [2.45, 2.75) is 50.3 Å². The van der Waals surface area contributed by atoms with Crippen LogP contribution in [0.1, 0.15) is 61.3 Å². The van der Waals surface area contributed by atoms with Crippen LogP contribution >= 0.6 is 0 Å². The van der Waals surface area contributed by atoms with E-state index >= 15 is 0 Å². The smallest absolute Gasteiger partial charge is 0.253 e. The highest BCUT2D eigenvalue weighted by Crippen LogP contribution is 2.28. The van der Waals surface area contributed by atoms with E-state index in [2.05, 4.69) is 27.7 Å². The Kier molecular flexibility index (Phi) is 9.55. The molecule has 2 aromatic carbocycles. The number of benzene rings is 2. The van der Waals surface area contributed by atoms with E-state index < -0.39 is 20.0 Å². The van der Waals surface area contributed by atoms with Crippen molar-refractivity contribution in [3.05, 3.63) is 59.7 Å². The Bertz CT molecular complexity index is 1430. The minimum absolute atomic E-state index is 0.185. The third-order valence-corrected chi connectivity index (χ3v) is 12.7. The van der Waals surface area contributed by atoms with Crippen LogP contribution in [0.25, 0.3) is 0 Å². The van der Waals surface area contributed by atoms with E-state index in [-0.39, 0.29) is 21.6 Å². The van der Waals surface area contributed by atoms with Crippen molar-refractivity contribution in [3.8, 4) is 0 Å². The monoisotopic (exact) mass is 644 g/mol. The fraction of sp³-hybridized carbons (Fsp3) is 0.562. The van der Waals surface area contributed by atoms with E-state index in [9.17, 15) is 26.4 Å². The molecule has 0 aromatic heterocycles. The highest BCUT2D eigenvalue weighted by atomic mass is 32.2. The van der Waals surface area contributed by atoms with Crippen molar-refractivity contribution >= 4 is 31.9 Å². The molecule has 0 spiro atoms. The molecule has 10 nitrogen and oxygen atoms in total. The zero-order chi connectivity index (χ0) is 31.8. The van der Waals surface area contributed by atoms with Crippen molar-refractivity contribution in [3.63, 3.8) is 0 Å². The van der Waals surface area contributed by atoms with E-state index in [0.29, 0.717) is 87.2 Å². The summed E-state index contributed by atoms with van der Waals surface area (Å²) in [4.78, 5) is 30.1. The van der Waals surface area contributed by atoms with Crippen molar-refractivity contribution < 1.29 is 26.4 Å². The number of amides is 2. The Balaban J connectivity index is 1.17. The van der Waals surface area contributed by atoms with Gasteiger partial charge in [0.15, 0.2) is 0 Å². The lowest BCUT2D eigenvalue weighted by molar-refractivity contribution is 0.0535. The Morgan fingerprint density at radius 3 is 1.07 bits per heavy atom. The van der Waals surface area contributed by atoms with Crippen molar-refractivity contribution in [2.24, 2.45) is 23.7 Å². The predicted octanol–water partition coefficient (Wildman–Crippen LogP) is 3.62. The number of hydrogen-bond acceptors (Lipinski definition) is 6. The molecule has 2 amide bonds. The number of piperidine rings is 2. The summed E-state index contributed by atoms with van der Waals surface area (Å²) in [6.45, 7) is 11.6. The van der Waals surface area contributed by atoms with Crippen molar-refractivity contribution in [1.29, 1.82) is 0 Å². The van der Waals surface area contributed by atoms with E-state index in [1.807, 2.05) is 0 Å². The van der Waals surface area contributed by atoms with Gasteiger partial charge in [0, 0.05) is 63.5 Å². The Hall–Kier alpha value is -2.80. The number of hydrogen-bond donors (Lipinski definition) is 0. The maximum Gasteiger partial charge on any atom is 0.253 e. The number of rotatable bonds is 6. The van der Waals surface area contributed by atoms with Crippen LogP contribution in [-0.2, 0) is 20.0 Å². The summed E-state index contributed by atoms with van der Waals surface area (Å²) in [7, 11) is -7.26. The second-order valence-electron chi connectivity index (χ2n) is 13.2. The van der Waals surface area contributed by atoms with Crippen LogP contribution in [0.2, 0.25) is 0 Å². The molecule has 12 heteroatoms. The molecule has 3 saturated heterocycles. The molecule has 3 heterocycles. The lowest BCUT2D eigenvalue weighted by Gasteiger charge is -2.35. The minimum Gasteiger partial charge on any atom is -0.335 e. The maximum atomic E-state index is 13.2. The van der Waals surface area contributed by atoms with Gasteiger partial charge in [0.25, 0.3) is 11.8 Å². The molecule has 3 aliphatic rings. The predicted molar refractivity (Wildman–Crippen MR) is 168 cm³/mol. The normalized spacial score (nSPS) is 26.0. The fourth-order valence-electron chi connectivity index (χ4n) is 6.92. The molecule has 240 valence electrons. The highest BCUT2D eigenvalue weighted by Gasteiger charge is 2.33. The average molecular weight is 645 g/mol. The van der Waals surface area contributed by atoms with Gasteiger partial charge in [-0.1, -0.05) is 27.7 Å². The quantitative estimate of drug-likeness (QED) is 0.475. The van der Waals surface area contributed by atoms with Crippen LogP contribution in [0.3, 0.4) is 0 Å². The van der Waals surface area contributed by atoms with Crippen LogP contribution in [0.4, 0.5) is 0 Å². The molecule has 4 unspecified atom stereocenters. The summed E-state index contributed by atoms with van der Waals surface area (Å²) >= 11 is 0. The zero-order valence-electron chi connectivity index (χ0n) is 26.1. The van der Waals surface area contributed by atoms with Crippen LogP contribution in [-0.4, -0.2) is 99.4 Å². The second kappa shape index (κ2) is 12.9. The van der Waals surface area contributed by atoms with Gasteiger partial charge >= 0.3 is 0 Å². The van der Waals surface area contributed by atoms with Crippen LogP contribution in [0.5, 0.6) is 0 Å². The van der Waals surface area contributed by atoms with Crippen molar-refractivity contribution in [1.82, 2.24) is 18.4 Å². The topological polar surface area (TPSA) is 115 Å². The molecule has 3 aliphatic heterocycles. The maximum absolute atomic E-state index is 13.2. The summed E-state index contributed by atoms with van der Waals surface area (Å²) in [5.74, 6) is 0.774. The first-order valence-corrected chi connectivity index (χ1v) is 18.4. The second-order valence-corrected chi connectivity index (χ2v) is 17.0. The van der Waals surface area contributed by atoms with Gasteiger partial charge in [-0.2, -0.15) is 8.61 Å². The molecular formula is C32H44N4O6S2. The van der Waals surface area contributed by atoms with E-state index in [1.165, 1.54) is 24.3 Å². The van der Waals surface area contributed by atoms with Gasteiger partial charge in [-0.3, -0.25) is 9.59 Å². The van der Waals surface area contributed by atoms with Crippen LogP contribution in [0, 0.1) is 23.7 Å². The molecule has 0 radical (unpaired) electrons. The van der Waals surface area contributed by atoms with Gasteiger partial charge < -0.3 is 9.80 Å². The summed E-state index contributed by atoms with van der Waals surface area (Å²) < 4.78 is 55.9. The number of nitrogens with zero attached hydrogens (tertiary/aromatic N) is 4. The zero-order valence-corrected chi connectivity index (χ0v) is 27.7. The molecule has 5 rings (SSSR count). The van der Waals surface area contributed by atoms with Crippen molar-refractivity contribution in [2.75, 3.05) is 52.4 Å². The number of piperazine rings is 1. The number of carbonyl (C=O) groups is 2. The molecular weight excluding hydrogens is 601 g/mol. The van der Waals surface area contributed by atoms with E-state index in [1.54, 1.807) is 42.7 Å². The SMILES string of the molecule is CC1CC(C)CN(S(=O)(=O)c2ccc(C(=O)N3CCN(C(=O)c4ccc(S(=O)(=O)N5CC(C)CC(C)C5)cc4)CC3)cc2)C1. The Morgan fingerprint density at radius 2 is 0.795 bits per heavy atom. The first-order valence-electron chi connectivity index (χ1n) is 15.5. The van der Waals surface area contributed by atoms with Crippen LogP contribution < -0.4 is 0 Å². The molecule has 44 heavy (non-hydrogen) atoms. The minimum atomic E-state index is -3.63. The summed E-state index contributed by atoms with van der Waals surface area (Å²) in [5, 5.41) is 0. The Labute approximate surface area is 262 Å². The molecule has 3 fully saturated rings. The third kappa shape index (κ3) is 6.88. The van der Waals surface area contributed by atoms with Gasteiger partial charge in [0.1, 0.15) is 0 Å². The molecule has 2 aromatic rings. The lowest BCUT2D eigenvalue weighted by Crippen LogP contribution is -2.50. The third-order valence-electron chi connectivity index (χ3n) is 9.00. The first-order chi connectivity index (χ1) is 20.8. The summed E-state index contributed by atoms with van der Waals surface area (Å²) in [6.07, 6.45) is 2.01. The Morgan fingerprint density at radius 1 is 0.523 bits per heavy atom. The summed E-state index contributed by atoms with van der Waals surface area (Å²) in [6, 6.07) is 12.2. The molecule has 0 bridgehead atoms. The average Bonchev–Trinajstić information content (AvgIpc) is 2.99. The van der Waals surface area contributed by atoms with E-state index in [4.69, 9.17) is 0 Å². The first kappa shape index (κ1) is 32.6. The van der Waals surface area contributed by atoms with Gasteiger partial charge in [-0.25, -0.2) is 16.8 Å². The van der Waals surface area contributed by atoms with Crippen LogP contribution in [0.15, 0.2) is 58.3 Å². The van der Waals surface area contributed by atoms with Gasteiger partial charge in [0.2, 0.25) is 20.0 Å². The van der Waals surface area contributed by atoms with Gasteiger partial charge in [0.05, 0.1) is 9.79 Å². The molecule has 0 aliphatic carbocycles. The standard InChI is InChI=1S/C32H44N4O6S2/c1-23-17-24(2)20-35(19-23)43(39,40)29-9-5-27(6-10-29)31(37)33-13-15-34(16-14-33)32(38)28-7-11-30(12-8-28)44(41,42)36-21-25(3)18-26(4)22-36/h5-12,23-26H,13-22H2,1-4H3. The number of carbonyl (C=O) groups excluding carboxylic acids is 2. The lowest BCUT2D eigenvalue weighted by atomic mass is 9.94. The van der Waals surface area contributed by atoms with E-state index in [0.717, 1.165) is 12.8 Å². The molecule has 0 N–H and O–H groups in total. The molecule has 0 saturated carbocycles. The largest absolute Gasteiger partial charge is 0.335 e. The fourth-order valence-corrected chi connectivity index (χ4v) is 10.3. The van der Waals surface area contributed by atoms with Gasteiger partial charge in [-0.05, 0) is 85.0 Å². The summed E-state index contributed by atoms with van der Waals surface area (Å²) in [5.41, 5.74) is 0.803. The van der Waals surface area contributed by atoms with Gasteiger partial charge in [-0.15, -0.1) is 0 Å².